The number of carbonyl (C=O) groups excluding carboxylic acids is 1. The third kappa shape index (κ3) is 3.18. The highest BCUT2D eigenvalue weighted by Crippen LogP contribution is 2.19. The minimum absolute atomic E-state index is 0.207. The van der Waals surface area contributed by atoms with Gasteiger partial charge in [-0.3, -0.25) is 0 Å². The highest BCUT2D eigenvalue weighted by molar-refractivity contribution is 5.74. The molecular weight excluding hydrogens is 218 g/mol. The molecular formula is C11H12F2O3. The number of ether oxygens (including phenoxy) is 2. The number of hydrogen-bond acceptors (Lipinski definition) is 3. The summed E-state index contributed by atoms with van der Waals surface area (Å²) in [6, 6.07) is 2.78. The third-order valence-electron chi connectivity index (χ3n) is 1.82. The summed E-state index contributed by atoms with van der Waals surface area (Å²) in [5.41, 5.74) is 0. The van der Waals surface area contributed by atoms with E-state index < -0.39 is 23.7 Å². The Morgan fingerprint density at radius 1 is 1.44 bits per heavy atom. The molecule has 0 N–H and O–H groups in total. The van der Waals surface area contributed by atoms with Gasteiger partial charge in [0.25, 0.3) is 0 Å². The van der Waals surface area contributed by atoms with E-state index in [0.29, 0.717) is 0 Å². The van der Waals surface area contributed by atoms with Crippen LogP contribution in [0.2, 0.25) is 0 Å². The van der Waals surface area contributed by atoms with E-state index in [1.54, 1.807) is 6.92 Å². The van der Waals surface area contributed by atoms with E-state index in [0.717, 1.165) is 18.2 Å². The zero-order valence-electron chi connectivity index (χ0n) is 9.00. The number of benzene rings is 1. The van der Waals surface area contributed by atoms with Crippen LogP contribution >= 0.6 is 0 Å². The van der Waals surface area contributed by atoms with Crippen LogP contribution < -0.4 is 4.74 Å². The summed E-state index contributed by atoms with van der Waals surface area (Å²) < 4.78 is 35.5. The third-order valence-corrected chi connectivity index (χ3v) is 1.82. The van der Waals surface area contributed by atoms with Gasteiger partial charge in [0.1, 0.15) is 5.82 Å². The number of halogens is 2. The van der Waals surface area contributed by atoms with E-state index in [2.05, 4.69) is 4.74 Å². The smallest absolute Gasteiger partial charge is 0.347 e. The lowest BCUT2D eigenvalue weighted by molar-refractivity contribution is -0.150. The monoisotopic (exact) mass is 230 g/mol. The van der Waals surface area contributed by atoms with Gasteiger partial charge in [0.05, 0.1) is 6.61 Å². The minimum atomic E-state index is -0.976. The SMILES string of the molecule is CCOC(=O)C(C)Oc1cc(F)ccc1F. The van der Waals surface area contributed by atoms with Crippen molar-refractivity contribution in [1.29, 1.82) is 0 Å². The fourth-order valence-corrected chi connectivity index (χ4v) is 1.07. The number of hydrogen-bond donors (Lipinski definition) is 0. The predicted octanol–water partition coefficient (Wildman–Crippen LogP) is 2.30. The van der Waals surface area contributed by atoms with Gasteiger partial charge < -0.3 is 9.47 Å². The first kappa shape index (κ1) is 12.4. The summed E-state index contributed by atoms with van der Waals surface area (Å²) in [6.45, 7) is 3.26. The minimum Gasteiger partial charge on any atom is -0.476 e. The van der Waals surface area contributed by atoms with E-state index in [1.165, 1.54) is 6.92 Å². The fraction of sp³-hybridized carbons (Fsp3) is 0.364. The molecule has 0 aliphatic rings. The van der Waals surface area contributed by atoms with Gasteiger partial charge >= 0.3 is 5.97 Å². The summed E-state index contributed by atoms with van der Waals surface area (Å²) in [5.74, 6) is -2.28. The number of rotatable bonds is 4. The van der Waals surface area contributed by atoms with Gasteiger partial charge in [0.15, 0.2) is 17.7 Å². The van der Waals surface area contributed by atoms with Gasteiger partial charge in [-0.15, -0.1) is 0 Å². The van der Waals surface area contributed by atoms with Crippen molar-refractivity contribution in [2.24, 2.45) is 0 Å². The molecule has 0 aliphatic carbocycles. The maximum atomic E-state index is 13.1. The molecule has 0 aliphatic heterocycles. The van der Waals surface area contributed by atoms with Gasteiger partial charge in [0.2, 0.25) is 0 Å². The van der Waals surface area contributed by atoms with Gasteiger partial charge in [-0.25, -0.2) is 13.6 Å². The average molecular weight is 230 g/mol. The molecule has 1 atom stereocenters. The van der Waals surface area contributed by atoms with Gasteiger partial charge in [-0.1, -0.05) is 0 Å². The van der Waals surface area contributed by atoms with Crippen LogP contribution in [0.1, 0.15) is 13.8 Å². The Bertz CT molecular complexity index is 379. The summed E-state index contributed by atoms with van der Waals surface area (Å²) >= 11 is 0. The second-order valence-corrected chi connectivity index (χ2v) is 3.09. The van der Waals surface area contributed by atoms with Crippen LogP contribution in [0.5, 0.6) is 5.75 Å². The van der Waals surface area contributed by atoms with Crippen LogP contribution in [0.4, 0.5) is 8.78 Å². The molecule has 0 amide bonds. The molecule has 0 fully saturated rings. The van der Waals surface area contributed by atoms with E-state index in [1.807, 2.05) is 0 Å². The number of carbonyl (C=O) groups is 1. The van der Waals surface area contributed by atoms with E-state index >= 15 is 0 Å². The van der Waals surface area contributed by atoms with E-state index in [4.69, 9.17) is 4.74 Å². The second kappa shape index (κ2) is 5.44. The first-order chi connectivity index (χ1) is 7.54. The van der Waals surface area contributed by atoms with Crippen molar-refractivity contribution in [1.82, 2.24) is 0 Å². The molecule has 0 heterocycles. The number of esters is 1. The zero-order valence-corrected chi connectivity index (χ0v) is 9.00. The zero-order chi connectivity index (χ0) is 12.1. The molecule has 88 valence electrons. The van der Waals surface area contributed by atoms with Crippen molar-refractivity contribution < 1.29 is 23.0 Å². The van der Waals surface area contributed by atoms with Crippen molar-refractivity contribution in [3.05, 3.63) is 29.8 Å². The quantitative estimate of drug-likeness (QED) is 0.744. The van der Waals surface area contributed by atoms with Crippen LogP contribution in [-0.2, 0) is 9.53 Å². The largest absolute Gasteiger partial charge is 0.476 e. The van der Waals surface area contributed by atoms with Crippen molar-refractivity contribution in [3.63, 3.8) is 0 Å². The molecule has 5 heteroatoms. The fourth-order valence-electron chi connectivity index (χ4n) is 1.07. The first-order valence-electron chi connectivity index (χ1n) is 4.83. The lowest BCUT2D eigenvalue weighted by Gasteiger charge is -2.13. The molecule has 1 rings (SSSR count). The normalized spacial score (nSPS) is 12.0. The topological polar surface area (TPSA) is 35.5 Å². The van der Waals surface area contributed by atoms with Crippen LogP contribution in [0, 0.1) is 11.6 Å². The molecule has 1 unspecified atom stereocenters. The molecule has 0 saturated heterocycles. The highest BCUT2D eigenvalue weighted by Gasteiger charge is 2.17. The molecule has 0 radical (unpaired) electrons. The Morgan fingerprint density at radius 2 is 2.12 bits per heavy atom. The lowest BCUT2D eigenvalue weighted by atomic mass is 10.3. The first-order valence-corrected chi connectivity index (χ1v) is 4.83. The molecule has 16 heavy (non-hydrogen) atoms. The van der Waals surface area contributed by atoms with Crippen molar-refractivity contribution in [3.8, 4) is 5.75 Å². The standard InChI is InChI=1S/C11H12F2O3/c1-3-15-11(14)7(2)16-10-6-8(12)4-5-9(10)13/h4-7H,3H2,1-2H3. The maximum absolute atomic E-state index is 13.1. The summed E-state index contributed by atoms with van der Waals surface area (Å²) in [6.07, 6.45) is -0.976. The second-order valence-electron chi connectivity index (χ2n) is 3.09. The molecule has 0 saturated carbocycles. The van der Waals surface area contributed by atoms with Crippen LogP contribution in [0.25, 0.3) is 0 Å². The Kier molecular flexibility index (Phi) is 4.22. The lowest BCUT2D eigenvalue weighted by Crippen LogP contribution is -2.26. The van der Waals surface area contributed by atoms with E-state index in [-0.39, 0.29) is 12.4 Å². The van der Waals surface area contributed by atoms with Crippen molar-refractivity contribution in [2.75, 3.05) is 6.61 Å². The van der Waals surface area contributed by atoms with E-state index in [9.17, 15) is 13.6 Å². The summed E-state index contributed by atoms with van der Waals surface area (Å²) in [7, 11) is 0. The van der Waals surface area contributed by atoms with Crippen LogP contribution in [0.15, 0.2) is 18.2 Å². The Labute approximate surface area is 92.0 Å². The predicted molar refractivity (Wildman–Crippen MR) is 53.1 cm³/mol. The Hall–Kier alpha value is -1.65. The van der Waals surface area contributed by atoms with Gasteiger partial charge in [-0.05, 0) is 26.0 Å². The van der Waals surface area contributed by atoms with Crippen LogP contribution in [-0.4, -0.2) is 18.7 Å². The van der Waals surface area contributed by atoms with Crippen molar-refractivity contribution >= 4 is 5.97 Å². The molecule has 1 aromatic rings. The summed E-state index contributed by atoms with van der Waals surface area (Å²) in [4.78, 5) is 11.2. The van der Waals surface area contributed by atoms with Gasteiger partial charge in [-0.2, -0.15) is 0 Å². The molecule has 0 spiro atoms. The molecule has 1 aromatic carbocycles. The Morgan fingerprint density at radius 3 is 2.75 bits per heavy atom. The Balaban J connectivity index is 2.72. The van der Waals surface area contributed by atoms with Crippen LogP contribution in [0.3, 0.4) is 0 Å². The highest BCUT2D eigenvalue weighted by atomic mass is 19.1. The molecule has 3 nitrogen and oxygen atoms in total. The van der Waals surface area contributed by atoms with Crippen molar-refractivity contribution in [2.45, 2.75) is 20.0 Å². The maximum Gasteiger partial charge on any atom is 0.347 e. The van der Waals surface area contributed by atoms with Gasteiger partial charge in [0, 0.05) is 6.07 Å². The molecule has 0 bridgehead atoms. The summed E-state index contributed by atoms with van der Waals surface area (Å²) in [5, 5.41) is 0. The molecule has 0 aromatic heterocycles. The average Bonchev–Trinajstić information content (AvgIpc) is 2.23.